The Morgan fingerprint density at radius 3 is 2.48 bits per heavy atom. The first-order chi connectivity index (χ1) is 10.0. The molecule has 3 N–H and O–H groups in total. The van der Waals surface area contributed by atoms with Gasteiger partial charge in [0.05, 0.1) is 12.7 Å². The number of anilines is 1. The highest BCUT2D eigenvalue weighted by molar-refractivity contribution is 5.95. The van der Waals surface area contributed by atoms with E-state index in [1.807, 2.05) is 36.2 Å². The van der Waals surface area contributed by atoms with Crippen molar-refractivity contribution in [3.05, 3.63) is 59.4 Å². The molecule has 4 nitrogen and oxygen atoms in total. The Labute approximate surface area is 123 Å². The Kier molecular flexibility index (Phi) is 4.42. The third-order valence-electron chi connectivity index (χ3n) is 3.29. The molecule has 0 aromatic heterocycles. The maximum Gasteiger partial charge on any atom is 0.139 e. The van der Waals surface area contributed by atoms with Gasteiger partial charge in [-0.1, -0.05) is 12.1 Å². The number of rotatable bonds is 5. The van der Waals surface area contributed by atoms with E-state index in [-0.39, 0.29) is 11.4 Å². The lowest BCUT2D eigenvalue weighted by molar-refractivity contribution is 0.415. The van der Waals surface area contributed by atoms with Crippen molar-refractivity contribution in [2.75, 3.05) is 19.1 Å². The number of ether oxygens (including phenoxy) is 1. The monoisotopic (exact) mass is 287 g/mol. The summed E-state index contributed by atoms with van der Waals surface area (Å²) < 4.78 is 19.4. The topological polar surface area (TPSA) is 62.3 Å². The fourth-order valence-corrected chi connectivity index (χ4v) is 2.09. The highest BCUT2D eigenvalue weighted by Gasteiger charge is 2.12. The molecule has 0 saturated carbocycles. The molecule has 0 fully saturated rings. The van der Waals surface area contributed by atoms with E-state index in [1.165, 1.54) is 6.07 Å². The summed E-state index contributed by atoms with van der Waals surface area (Å²) in [5.41, 5.74) is 6.96. The van der Waals surface area contributed by atoms with Crippen LogP contribution in [0.4, 0.5) is 10.1 Å². The van der Waals surface area contributed by atoms with Crippen LogP contribution in [0.5, 0.6) is 5.75 Å². The van der Waals surface area contributed by atoms with Gasteiger partial charge in [0.15, 0.2) is 0 Å². The van der Waals surface area contributed by atoms with E-state index in [4.69, 9.17) is 15.9 Å². The van der Waals surface area contributed by atoms with Crippen molar-refractivity contribution in [2.45, 2.75) is 6.54 Å². The fourth-order valence-electron chi connectivity index (χ4n) is 2.09. The molecule has 2 aromatic carbocycles. The highest BCUT2D eigenvalue weighted by Crippen LogP contribution is 2.21. The van der Waals surface area contributed by atoms with Crippen LogP contribution in [0.1, 0.15) is 11.1 Å². The third kappa shape index (κ3) is 3.31. The second kappa shape index (κ2) is 6.26. The quantitative estimate of drug-likeness (QED) is 0.656. The lowest BCUT2D eigenvalue weighted by Gasteiger charge is -2.20. The van der Waals surface area contributed by atoms with Gasteiger partial charge in [-0.05, 0) is 30.3 Å². The average molecular weight is 287 g/mol. The van der Waals surface area contributed by atoms with E-state index < -0.39 is 5.82 Å². The van der Waals surface area contributed by atoms with Gasteiger partial charge in [-0.15, -0.1) is 0 Å². The molecule has 0 aliphatic heterocycles. The molecule has 5 heteroatoms. The van der Waals surface area contributed by atoms with Crippen LogP contribution in [-0.4, -0.2) is 20.0 Å². The Balaban J connectivity index is 2.20. The van der Waals surface area contributed by atoms with Crippen LogP contribution >= 0.6 is 0 Å². The summed E-state index contributed by atoms with van der Waals surface area (Å²) in [6, 6.07) is 12.4. The van der Waals surface area contributed by atoms with E-state index >= 15 is 0 Å². The first-order valence-electron chi connectivity index (χ1n) is 6.50. The molecule has 0 atom stereocenters. The molecule has 0 amide bonds. The van der Waals surface area contributed by atoms with Gasteiger partial charge in [0.1, 0.15) is 17.4 Å². The van der Waals surface area contributed by atoms with Gasteiger partial charge < -0.3 is 15.4 Å². The van der Waals surface area contributed by atoms with Gasteiger partial charge in [-0.25, -0.2) is 4.39 Å². The molecule has 0 radical (unpaired) electrons. The number of benzene rings is 2. The number of nitrogens with one attached hydrogen (secondary N) is 1. The molecular formula is C16H18FN3O. The molecule has 0 saturated heterocycles. The molecule has 110 valence electrons. The first kappa shape index (κ1) is 14.8. The molecule has 0 aliphatic carbocycles. The highest BCUT2D eigenvalue weighted by atomic mass is 19.1. The predicted molar refractivity (Wildman–Crippen MR) is 82.5 cm³/mol. The summed E-state index contributed by atoms with van der Waals surface area (Å²) in [5.74, 6) is 0.0729. The number of nitrogens with two attached hydrogens (primary N) is 1. The standard InChI is InChI=1S/C16H18FN3O/c1-20(12-6-8-13(21-2)9-7-12)10-11-4-3-5-14(15(11)17)16(18)19/h3-9H,10H2,1-2H3,(H3,18,19). The van der Waals surface area contributed by atoms with E-state index in [0.29, 0.717) is 12.1 Å². The maximum atomic E-state index is 14.3. The normalized spacial score (nSPS) is 10.2. The zero-order chi connectivity index (χ0) is 15.4. The summed E-state index contributed by atoms with van der Waals surface area (Å²) in [4.78, 5) is 1.92. The number of nitrogens with zero attached hydrogens (tertiary/aromatic N) is 1. The number of methoxy groups -OCH3 is 1. The van der Waals surface area contributed by atoms with Crippen molar-refractivity contribution in [3.63, 3.8) is 0 Å². The fraction of sp³-hybridized carbons (Fsp3) is 0.188. The lowest BCUT2D eigenvalue weighted by atomic mass is 10.1. The van der Waals surface area contributed by atoms with Crippen molar-refractivity contribution >= 4 is 11.5 Å². The first-order valence-corrected chi connectivity index (χ1v) is 6.50. The molecule has 0 unspecified atom stereocenters. The smallest absolute Gasteiger partial charge is 0.139 e. The van der Waals surface area contributed by atoms with Crippen LogP contribution < -0.4 is 15.4 Å². The Morgan fingerprint density at radius 1 is 1.24 bits per heavy atom. The second-order valence-electron chi connectivity index (χ2n) is 4.75. The van der Waals surface area contributed by atoms with Crippen LogP contribution in [0.3, 0.4) is 0 Å². The third-order valence-corrected chi connectivity index (χ3v) is 3.29. The van der Waals surface area contributed by atoms with Crippen LogP contribution in [0.2, 0.25) is 0 Å². The summed E-state index contributed by atoms with van der Waals surface area (Å²) in [6.07, 6.45) is 0. The number of amidine groups is 1. The Morgan fingerprint density at radius 2 is 1.90 bits per heavy atom. The van der Waals surface area contributed by atoms with E-state index in [0.717, 1.165) is 11.4 Å². The van der Waals surface area contributed by atoms with E-state index in [2.05, 4.69) is 0 Å². The van der Waals surface area contributed by atoms with Gasteiger partial charge in [-0.2, -0.15) is 0 Å². The Hall–Kier alpha value is -2.56. The summed E-state index contributed by atoms with van der Waals surface area (Å²) in [6.45, 7) is 0.388. The molecule has 0 heterocycles. The van der Waals surface area contributed by atoms with E-state index in [1.54, 1.807) is 19.2 Å². The SMILES string of the molecule is COc1ccc(N(C)Cc2cccc(C(=N)N)c2F)cc1. The van der Waals surface area contributed by atoms with Gasteiger partial charge in [0.2, 0.25) is 0 Å². The number of hydrogen-bond acceptors (Lipinski definition) is 3. The van der Waals surface area contributed by atoms with Crippen molar-refractivity contribution in [1.29, 1.82) is 5.41 Å². The van der Waals surface area contributed by atoms with Crippen LogP contribution in [0.15, 0.2) is 42.5 Å². The minimum absolute atomic E-state index is 0.135. The lowest BCUT2D eigenvalue weighted by Crippen LogP contribution is -2.19. The number of halogens is 1. The summed E-state index contributed by atoms with van der Waals surface area (Å²) >= 11 is 0. The molecule has 0 aliphatic rings. The van der Waals surface area contributed by atoms with Crippen molar-refractivity contribution in [1.82, 2.24) is 0 Å². The molecule has 0 bridgehead atoms. The summed E-state index contributed by atoms with van der Waals surface area (Å²) in [5, 5.41) is 7.37. The minimum atomic E-state index is -0.439. The Bertz CT molecular complexity index is 640. The van der Waals surface area contributed by atoms with Gasteiger partial charge in [0.25, 0.3) is 0 Å². The van der Waals surface area contributed by atoms with Crippen LogP contribution in [0.25, 0.3) is 0 Å². The summed E-state index contributed by atoms with van der Waals surface area (Å²) in [7, 11) is 3.49. The van der Waals surface area contributed by atoms with Crippen molar-refractivity contribution < 1.29 is 9.13 Å². The minimum Gasteiger partial charge on any atom is -0.497 e. The largest absolute Gasteiger partial charge is 0.497 e. The maximum absolute atomic E-state index is 14.3. The van der Waals surface area contributed by atoms with Gasteiger partial charge in [-0.3, -0.25) is 5.41 Å². The zero-order valence-electron chi connectivity index (χ0n) is 12.1. The van der Waals surface area contributed by atoms with Gasteiger partial charge >= 0.3 is 0 Å². The molecular weight excluding hydrogens is 269 g/mol. The zero-order valence-corrected chi connectivity index (χ0v) is 12.1. The molecule has 21 heavy (non-hydrogen) atoms. The van der Waals surface area contributed by atoms with E-state index in [9.17, 15) is 4.39 Å². The van der Waals surface area contributed by atoms with Crippen LogP contribution in [-0.2, 0) is 6.54 Å². The average Bonchev–Trinajstić information content (AvgIpc) is 2.49. The van der Waals surface area contributed by atoms with Crippen molar-refractivity contribution in [3.8, 4) is 5.75 Å². The molecule has 2 aromatic rings. The van der Waals surface area contributed by atoms with Crippen LogP contribution in [0, 0.1) is 11.2 Å². The van der Waals surface area contributed by atoms with Gasteiger partial charge in [0, 0.05) is 24.8 Å². The number of nitrogen functional groups attached to an aromatic ring is 1. The second-order valence-corrected chi connectivity index (χ2v) is 4.75. The number of hydrogen-bond donors (Lipinski definition) is 2. The predicted octanol–water partition coefficient (Wildman–Crippen LogP) is 2.75. The molecule has 0 spiro atoms. The van der Waals surface area contributed by atoms with Crippen molar-refractivity contribution in [2.24, 2.45) is 5.73 Å². The molecule has 2 rings (SSSR count).